The number of rotatable bonds is 8. The minimum Gasteiger partial charge on any atom is -0.365 e. The number of anilines is 4. The highest BCUT2D eigenvalue weighted by atomic mass is 19.1. The topological polar surface area (TPSA) is 86.3 Å². The first kappa shape index (κ1) is 26.6. The molecular weight excluding hydrogens is 505 g/mol. The molecule has 5 aromatic rings. The van der Waals surface area contributed by atoms with Crippen LogP contribution in [0.25, 0.3) is 22.0 Å². The molecule has 9 heteroatoms. The van der Waals surface area contributed by atoms with Crippen LogP contribution in [0.2, 0.25) is 0 Å². The van der Waals surface area contributed by atoms with Crippen molar-refractivity contribution in [3.05, 3.63) is 102 Å². The van der Waals surface area contributed by atoms with Crippen LogP contribution < -0.4 is 20.4 Å². The Morgan fingerprint density at radius 3 is 2.20 bits per heavy atom. The van der Waals surface area contributed by atoms with Gasteiger partial charge in [-0.05, 0) is 71.8 Å². The van der Waals surface area contributed by atoms with Crippen LogP contribution in [0.3, 0.4) is 0 Å². The maximum absolute atomic E-state index is 13.1. The molecule has 2 N–H and O–H groups in total. The van der Waals surface area contributed by atoms with Gasteiger partial charge in [0.25, 0.3) is 5.91 Å². The summed E-state index contributed by atoms with van der Waals surface area (Å²) >= 11 is 0. The van der Waals surface area contributed by atoms with E-state index in [1.54, 1.807) is 0 Å². The molecule has 3 aromatic carbocycles. The third-order valence-electron chi connectivity index (χ3n) is 6.40. The molecule has 0 fully saturated rings. The zero-order chi connectivity index (χ0) is 28.2. The Labute approximate surface area is 232 Å². The third-order valence-corrected chi connectivity index (χ3v) is 6.40. The van der Waals surface area contributed by atoms with E-state index in [4.69, 9.17) is 9.97 Å². The molecule has 0 bridgehead atoms. The van der Waals surface area contributed by atoms with Crippen LogP contribution in [0.5, 0.6) is 0 Å². The second-order valence-corrected chi connectivity index (χ2v) is 9.81. The van der Waals surface area contributed by atoms with Gasteiger partial charge in [0.2, 0.25) is 5.95 Å². The lowest BCUT2D eigenvalue weighted by Crippen LogP contribution is -2.14. The number of halogens is 1. The van der Waals surface area contributed by atoms with Crippen molar-refractivity contribution >= 4 is 40.1 Å². The van der Waals surface area contributed by atoms with Crippen LogP contribution >= 0.6 is 0 Å². The standard InChI is InChI=1S/C31H30FN7O/c1-38(2)28-16-10-23(19-33-28)22-9-15-27-26(17-22)29(37-31(36-27)39(3)4)34-18-20-5-13-25(14-6-20)35-30(40)21-7-11-24(32)12-8-21/h5-17,19H,18H2,1-4H3,(H,35,40)(H,34,36,37). The van der Waals surface area contributed by atoms with Gasteiger partial charge < -0.3 is 20.4 Å². The van der Waals surface area contributed by atoms with Gasteiger partial charge in [0.15, 0.2) is 0 Å². The van der Waals surface area contributed by atoms with Gasteiger partial charge in [0.05, 0.1) is 5.52 Å². The lowest BCUT2D eigenvalue weighted by molar-refractivity contribution is 0.102. The summed E-state index contributed by atoms with van der Waals surface area (Å²) in [4.78, 5) is 30.3. The first-order chi connectivity index (χ1) is 19.3. The summed E-state index contributed by atoms with van der Waals surface area (Å²) in [7, 11) is 7.76. The Bertz CT molecular complexity index is 1630. The largest absolute Gasteiger partial charge is 0.365 e. The molecule has 0 spiro atoms. The van der Waals surface area contributed by atoms with Crippen molar-refractivity contribution in [2.75, 3.05) is 48.6 Å². The van der Waals surface area contributed by atoms with E-state index in [1.165, 1.54) is 24.3 Å². The predicted molar refractivity (Wildman–Crippen MR) is 160 cm³/mol. The Hall–Kier alpha value is -5.05. The molecule has 0 aliphatic carbocycles. The van der Waals surface area contributed by atoms with Gasteiger partial charge in [-0.1, -0.05) is 18.2 Å². The molecule has 5 rings (SSSR count). The summed E-state index contributed by atoms with van der Waals surface area (Å²) in [6.45, 7) is 0.522. The first-order valence-corrected chi connectivity index (χ1v) is 12.8. The summed E-state index contributed by atoms with van der Waals surface area (Å²) in [5.41, 5.74) is 4.92. The number of benzene rings is 3. The van der Waals surface area contributed by atoms with E-state index in [-0.39, 0.29) is 11.7 Å². The molecule has 0 saturated heterocycles. The van der Waals surface area contributed by atoms with Gasteiger partial charge in [-0.3, -0.25) is 4.79 Å². The maximum Gasteiger partial charge on any atom is 0.255 e. The fourth-order valence-electron chi connectivity index (χ4n) is 4.15. The van der Waals surface area contributed by atoms with E-state index in [0.717, 1.165) is 39.2 Å². The van der Waals surface area contributed by atoms with Gasteiger partial charge in [0.1, 0.15) is 17.5 Å². The van der Waals surface area contributed by atoms with Crippen molar-refractivity contribution in [1.82, 2.24) is 15.0 Å². The van der Waals surface area contributed by atoms with Crippen molar-refractivity contribution in [3.8, 4) is 11.1 Å². The van der Waals surface area contributed by atoms with E-state index < -0.39 is 0 Å². The summed E-state index contributed by atoms with van der Waals surface area (Å²) in [5.74, 6) is 1.55. The predicted octanol–water partition coefficient (Wildman–Crippen LogP) is 5.83. The minimum atomic E-state index is -0.380. The molecule has 202 valence electrons. The average Bonchev–Trinajstić information content (AvgIpc) is 2.96. The van der Waals surface area contributed by atoms with Crippen LogP contribution in [0.1, 0.15) is 15.9 Å². The minimum absolute atomic E-state index is 0.295. The molecule has 0 radical (unpaired) electrons. The van der Waals surface area contributed by atoms with Gasteiger partial charge in [-0.25, -0.2) is 14.4 Å². The van der Waals surface area contributed by atoms with Gasteiger partial charge in [-0.15, -0.1) is 0 Å². The van der Waals surface area contributed by atoms with E-state index in [9.17, 15) is 9.18 Å². The highest BCUT2D eigenvalue weighted by Crippen LogP contribution is 2.29. The van der Waals surface area contributed by atoms with Gasteiger partial charge in [0, 0.05) is 63.1 Å². The van der Waals surface area contributed by atoms with Crippen molar-refractivity contribution in [1.29, 1.82) is 0 Å². The van der Waals surface area contributed by atoms with Crippen LogP contribution in [0, 0.1) is 5.82 Å². The Morgan fingerprint density at radius 1 is 0.825 bits per heavy atom. The monoisotopic (exact) mass is 535 g/mol. The van der Waals surface area contributed by atoms with Crippen LogP contribution in [-0.2, 0) is 6.54 Å². The van der Waals surface area contributed by atoms with Crippen molar-refractivity contribution < 1.29 is 9.18 Å². The molecule has 40 heavy (non-hydrogen) atoms. The number of fused-ring (bicyclic) bond motifs is 1. The number of pyridine rings is 1. The molecule has 0 saturated carbocycles. The smallest absolute Gasteiger partial charge is 0.255 e. The molecule has 0 aliphatic rings. The highest BCUT2D eigenvalue weighted by molar-refractivity contribution is 6.04. The Kier molecular flexibility index (Phi) is 7.54. The Morgan fingerprint density at radius 2 is 1.55 bits per heavy atom. The first-order valence-electron chi connectivity index (χ1n) is 12.8. The van der Waals surface area contributed by atoms with Crippen LogP contribution in [0.4, 0.5) is 27.7 Å². The molecule has 1 amide bonds. The second-order valence-electron chi connectivity index (χ2n) is 9.81. The number of aromatic nitrogens is 3. The molecular formula is C31H30FN7O. The quantitative estimate of drug-likeness (QED) is 0.259. The van der Waals surface area contributed by atoms with E-state index in [0.29, 0.717) is 23.7 Å². The number of nitrogens with zero attached hydrogens (tertiary/aromatic N) is 5. The summed E-state index contributed by atoms with van der Waals surface area (Å²) in [6, 6.07) is 23.2. The second kappa shape index (κ2) is 11.4. The summed E-state index contributed by atoms with van der Waals surface area (Å²) in [5, 5.41) is 7.21. The number of carbonyl (C=O) groups excluding carboxylic acids is 1. The zero-order valence-corrected chi connectivity index (χ0v) is 22.8. The molecule has 0 aliphatic heterocycles. The fraction of sp³-hybridized carbons (Fsp3) is 0.161. The highest BCUT2D eigenvalue weighted by Gasteiger charge is 2.12. The lowest BCUT2D eigenvalue weighted by Gasteiger charge is -2.16. The maximum atomic E-state index is 13.1. The van der Waals surface area contributed by atoms with E-state index in [1.807, 2.05) is 86.7 Å². The number of hydrogen-bond acceptors (Lipinski definition) is 7. The van der Waals surface area contributed by atoms with Gasteiger partial charge in [-0.2, -0.15) is 4.98 Å². The zero-order valence-electron chi connectivity index (χ0n) is 22.8. The van der Waals surface area contributed by atoms with Crippen LogP contribution in [-0.4, -0.2) is 49.0 Å². The lowest BCUT2D eigenvalue weighted by atomic mass is 10.0. The molecule has 0 atom stereocenters. The molecule has 2 aromatic heterocycles. The summed E-state index contributed by atoms with van der Waals surface area (Å²) < 4.78 is 13.1. The fourth-order valence-corrected chi connectivity index (χ4v) is 4.15. The molecule has 8 nitrogen and oxygen atoms in total. The average molecular weight is 536 g/mol. The number of carbonyl (C=O) groups is 1. The number of nitrogens with one attached hydrogen (secondary N) is 2. The third kappa shape index (κ3) is 5.99. The SMILES string of the molecule is CN(C)c1ccc(-c2ccc3nc(N(C)C)nc(NCc4ccc(NC(=O)c5ccc(F)cc5)cc4)c3c2)cn1. The van der Waals surface area contributed by atoms with Crippen LogP contribution in [0.15, 0.2) is 85.1 Å². The van der Waals surface area contributed by atoms with E-state index >= 15 is 0 Å². The molecule has 2 heterocycles. The Balaban J connectivity index is 1.36. The normalized spacial score (nSPS) is 10.8. The summed E-state index contributed by atoms with van der Waals surface area (Å²) in [6.07, 6.45) is 1.87. The van der Waals surface area contributed by atoms with Crippen molar-refractivity contribution in [3.63, 3.8) is 0 Å². The van der Waals surface area contributed by atoms with Crippen molar-refractivity contribution in [2.24, 2.45) is 0 Å². The number of hydrogen-bond donors (Lipinski definition) is 2. The van der Waals surface area contributed by atoms with E-state index in [2.05, 4.69) is 27.8 Å². The van der Waals surface area contributed by atoms with Gasteiger partial charge >= 0.3 is 0 Å². The number of amides is 1. The molecule has 0 unspecified atom stereocenters. The van der Waals surface area contributed by atoms with Crippen molar-refractivity contribution in [2.45, 2.75) is 6.54 Å².